The number of hydrogen-bond donors (Lipinski definition) is 1. The Morgan fingerprint density at radius 2 is 1.56 bits per heavy atom. The van der Waals surface area contributed by atoms with Crippen molar-refractivity contribution in [2.45, 2.75) is 62.3 Å². The summed E-state index contributed by atoms with van der Waals surface area (Å²) in [7, 11) is -3.60. The molecule has 0 atom stereocenters. The Hall–Kier alpha value is -1.60. The number of rotatable bonds is 5. The maximum atomic E-state index is 13.4. The van der Waals surface area contributed by atoms with E-state index in [0.717, 1.165) is 63.7 Å². The van der Waals surface area contributed by atoms with Gasteiger partial charge in [0.25, 0.3) is 5.91 Å². The van der Waals surface area contributed by atoms with Gasteiger partial charge in [0.15, 0.2) is 0 Å². The minimum absolute atomic E-state index is 0.169. The zero-order valence-corrected chi connectivity index (χ0v) is 16.6. The van der Waals surface area contributed by atoms with Gasteiger partial charge in [0.2, 0.25) is 10.0 Å². The number of nitrogens with zero attached hydrogens (tertiary/aromatic N) is 2. The Balaban J connectivity index is 1.70. The minimum atomic E-state index is -3.60. The van der Waals surface area contributed by atoms with Crippen LogP contribution in [0.1, 0.15) is 61.7 Å². The third kappa shape index (κ3) is 4.14. The largest absolute Gasteiger partial charge is 0.370 e. The van der Waals surface area contributed by atoms with E-state index >= 15 is 0 Å². The average Bonchev–Trinajstić information content (AvgIpc) is 3.53. The summed E-state index contributed by atoms with van der Waals surface area (Å²) in [4.78, 5) is 15.0. The van der Waals surface area contributed by atoms with E-state index in [2.05, 4.69) is 10.2 Å². The number of sulfonamides is 1. The molecule has 1 aromatic carbocycles. The van der Waals surface area contributed by atoms with Gasteiger partial charge in [0.1, 0.15) is 4.90 Å². The molecule has 3 fully saturated rings. The number of amides is 1. The molecule has 2 heterocycles. The third-order valence-electron chi connectivity index (χ3n) is 5.76. The second-order valence-corrected chi connectivity index (χ2v) is 9.85. The van der Waals surface area contributed by atoms with E-state index in [4.69, 9.17) is 0 Å². The summed E-state index contributed by atoms with van der Waals surface area (Å²) in [5, 5.41) is 2.97. The standard InChI is InChI=1S/C20H29N3O3S/c24-20(21-17-8-9-17)16-7-10-18(22-11-3-1-4-12-22)19(15-16)27(25,26)23-13-5-2-6-14-23/h7,10,15,17H,1-6,8-9,11-14H2,(H,21,24). The molecule has 1 saturated carbocycles. The smallest absolute Gasteiger partial charge is 0.251 e. The highest BCUT2D eigenvalue weighted by atomic mass is 32.2. The molecule has 4 rings (SSSR count). The molecule has 1 aromatic rings. The van der Waals surface area contributed by atoms with Crippen LogP contribution in [0, 0.1) is 0 Å². The molecule has 2 saturated heterocycles. The van der Waals surface area contributed by atoms with Crippen molar-refractivity contribution in [2.75, 3.05) is 31.1 Å². The van der Waals surface area contributed by atoms with E-state index in [-0.39, 0.29) is 11.9 Å². The number of piperidine rings is 2. The molecular formula is C20H29N3O3S. The van der Waals surface area contributed by atoms with Crippen LogP contribution in [0.4, 0.5) is 5.69 Å². The summed E-state index contributed by atoms with van der Waals surface area (Å²) in [5.74, 6) is -0.169. The van der Waals surface area contributed by atoms with Gasteiger partial charge in [-0.25, -0.2) is 8.42 Å². The topological polar surface area (TPSA) is 69.7 Å². The van der Waals surface area contributed by atoms with Crippen LogP contribution in [0.25, 0.3) is 0 Å². The van der Waals surface area contributed by atoms with Crippen LogP contribution in [-0.2, 0) is 10.0 Å². The summed E-state index contributed by atoms with van der Waals surface area (Å²) in [6.45, 7) is 2.88. The van der Waals surface area contributed by atoms with Crippen molar-refractivity contribution in [3.05, 3.63) is 23.8 Å². The first-order valence-corrected chi connectivity index (χ1v) is 11.7. The molecule has 0 radical (unpaired) electrons. The van der Waals surface area contributed by atoms with Crippen molar-refractivity contribution >= 4 is 21.6 Å². The highest BCUT2D eigenvalue weighted by Gasteiger charge is 2.31. The van der Waals surface area contributed by atoms with Crippen LogP contribution in [-0.4, -0.2) is 50.9 Å². The lowest BCUT2D eigenvalue weighted by Gasteiger charge is -2.33. The Morgan fingerprint density at radius 3 is 2.19 bits per heavy atom. The molecule has 6 nitrogen and oxygen atoms in total. The molecule has 0 aromatic heterocycles. The molecule has 0 spiro atoms. The molecular weight excluding hydrogens is 362 g/mol. The number of hydrogen-bond acceptors (Lipinski definition) is 4. The lowest BCUT2D eigenvalue weighted by Crippen LogP contribution is -2.38. The molecule has 148 valence electrons. The maximum absolute atomic E-state index is 13.4. The van der Waals surface area contributed by atoms with Crippen LogP contribution >= 0.6 is 0 Å². The molecule has 7 heteroatoms. The summed E-state index contributed by atoms with van der Waals surface area (Å²) < 4.78 is 28.5. The van der Waals surface area contributed by atoms with Gasteiger partial charge in [0, 0.05) is 37.8 Å². The van der Waals surface area contributed by atoms with Crippen LogP contribution < -0.4 is 10.2 Å². The van der Waals surface area contributed by atoms with Gasteiger partial charge in [-0.2, -0.15) is 4.31 Å². The van der Waals surface area contributed by atoms with E-state index in [1.165, 1.54) is 6.42 Å². The van der Waals surface area contributed by atoms with Gasteiger partial charge in [-0.05, 0) is 63.1 Å². The van der Waals surface area contributed by atoms with E-state index in [0.29, 0.717) is 23.5 Å². The second kappa shape index (κ2) is 7.80. The summed E-state index contributed by atoms with van der Waals surface area (Å²) >= 11 is 0. The zero-order valence-electron chi connectivity index (χ0n) is 15.8. The fraction of sp³-hybridized carbons (Fsp3) is 0.650. The van der Waals surface area contributed by atoms with Gasteiger partial charge in [-0.3, -0.25) is 4.79 Å². The van der Waals surface area contributed by atoms with Crippen molar-refractivity contribution in [1.29, 1.82) is 0 Å². The molecule has 0 bridgehead atoms. The van der Waals surface area contributed by atoms with Gasteiger partial charge in [-0.1, -0.05) is 6.42 Å². The van der Waals surface area contributed by atoms with Gasteiger partial charge < -0.3 is 10.2 Å². The van der Waals surface area contributed by atoms with Crippen LogP contribution in [0.5, 0.6) is 0 Å². The van der Waals surface area contributed by atoms with Crippen molar-refractivity contribution in [1.82, 2.24) is 9.62 Å². The molecule has 1 N–H and O–H groups in total. The van der Waals surface area contributed by atoms with E-state index < -0.39 is 10.0 Å². The Labute approximate surface area is 162 Å². The minimum Gasteiger partial charge on any atom is -0.370 e. The fourth-order valence-corrected chi connectivity index (χ4v) is 5.75. The Bertz CT molecular complexity index is 793. The number of benzene rings is 1. The first-order valence-electron chi connectivity index (χ1n) is 10.3. The van der Waals surface area contributed by atoms with Gasteiger partial charge in [0.05, 0.1) is 5.69 Å². The van der Waals surface area contributed by atoms with Crippen LogP contribution in [0.3, 0.4) is 0 Å². The van der Waals surface area contributed by atoms with Crippen molar-refractivity contribution in [3.63, 3.8) is 0 Å². The molecule has 2 aliphatic heterocycles. The van der Waals surface area contributed by atoms with Crippen molar-refractivity contribution in [3.8, 4) is 0 Å². The lowest BCUT2D eigenvalue weighted by atomic mass is 10.1. The first-order chi connectivity index (χ1) is 13.1. The summed E-state index contributed by atoms with van der Waals surface area (Å²) in [6.07, 6.45) is 8.25. The molecule has 3 aliphatic rings. The van der Waals surface area contributed by atoms with Crippen LogP contribution in [0.15, 0.2) is 23.1 Å². The molecule has 1 amide bonds. The maximum Gasteiger partial charge on any atom is 0.251 e. The quantitative estimate of drug-likeness (QED) is 0.838. The SMILES string of the molecule is O=C(NC1CC1)c1ccc(N2CCCCC2)c(S(=O)(=O)N2CCCCC2)c1. The lowest BCUT2D eigenvalue weighted by molar-refractivity contribution is 0.0951. The fourth-order valence-electron chi connectivity index (χ4n) is 4.00. The normalized spacial score (nSPS) is 21.9. The van der Waals surface area contributed by atoms with Crippen LogP contribution in [0.2, 0.25) is 0 Å². The zero-order chi connectivity index (χ0) is 18.9. The first kappa shape index (κ1) is 18.7. The number of nitrogens with one attached hydrogen (secondary N) is 1. The highest BCUT2D eigenvalue weighted by Crippen LogP contribution is 2.32. The second-order valence-electron chi connectivity index (χ2n) is 7.94. The monoisotopic (exact) mass is 391 g/mol. The predicted molar refractivity (Wildman–Crippen MR) is 106 cm³/mol. The van der Waals surface area contributed by atoms with Crippen molar-refractivity contribution < 1.29 is 13.2 Å². The molecule has 1 aliphatic carbocycles. The number of carbonyl (C=O) groups excluding carboxylic acids is 1. The van der Waals surface area contributed by atoms with Gasteiger partial charge >= 0.3 is 0 Å². The number of carbonyl (C=O) groups is 1. The Morgan fingerprint density at radius 1 is 0.926 bits per heavy atom. The van der Waals surface area contributed by atoms with Crippen molar-refractivity contribution in [2.24, 2.45) is 0 Å². The van der Waals surface area contributed by atoms with Gasteiger partial charge in [-0.15, -0.1) is 0 Å². The third-order valence-corrected chi connectivity index (χ3v) is 7.69. The highest BCUT2D eigenvalue weighted by molar-refractivity contribution is 7.89. The predicted octanol–water partition coefficient (Wildman–Crippen LogP) is 2.74. The molecule has 27 heavy (non-hydrogen) atoms. The average molecular weight is 392 g/mol. The van der Waals surface area contributed by atoms with E-state index in [1.54, 1.807) is 16.4 Å². The summed E-state index contributed by atoms with van der Waals surface area (Å²) in [6, 6.07) is 5.47. The van der Waals surface area contributed by atoms with E-state index in [1.807, 2.05) is 6.07 Å². The molecule has 0 unspecified atom stereocenters. The van der Waals surface area contributed by atoms with E-state index in [9.17, 15) is 13.2 Å². The summed E-state index contributed by atoms with van der Waals surface area (Å²) in [5.41, 5.74) is 1.20. The Kier molecular flexibility index (Phi) is 5.41. The number of anilines is 1.